The summed E-state index contributed by atoms with van der Waals surface area (Å²) >= 11 is 0. The summed E-state index contributed by atoms with van der Waals surface area (Å²) in [6, 6.07) is 6.13. The van der Waals surface area contributed by atoms with Crippen molar-refractivity contribution in [1.82, 2.24) is 16.2 Å². The average molecular weight is 321 g/mol. The maximum absolute atomic E-state index is 14.0. The summed E-state index contributed by atoms with van der Waals surface area (Å²) in [4.78, 5) is 12.5. The molecule has 2 aliphatic rings. The zero-order chi connectivity index (χ0) is 16.2. The molecule has 1 heterocycles. The minimum absolute atomic E-state index is 0.103. The number of aliphatic hydroxyl groups excluding tert-OH is 1. The van der Waals surface area contributed by atoms with E-state index in [-0.39, 0.29) is 35.7 Å². The fourth-order valence-electron chi connectivity index (χ4n) is 3.55. The molecule has 1 aliphatic heterocycles. The molecule has 1 saturated heterocycles. The van der Waals surface area contributed by atoms with E-state index >= 15 is 0 Å². The van der Waals surface area contributed by atoms with E-state index in [9.17, 15) is 14.3 Å². The lowest BCUT2D eigenvalue weighted by Gasteiger charge is -2.28. The lowest BCUT2D eigenvalue weighted by atomic mass is 9.86. The van der Waals surface area contributed by atoms with E-state index < -0.39 is 0 Å². The fourth-order valence-corrected chi connectivity index (χ4v) is 3.55. The summed E-state index contributed by atoms with van der Waals surface area (Å²) in [6.45, 7) is 0.943. The van der Waals surface area contributed by atoms with Gasteiger partial charge in [-0.05, 0) is 18.9 Å². The van der Waals surface area contributed by atoms with Crippen LogP contribution in [0.2, 0.25) is 0 Å². The van der Waals surface area contributed by atoms with Gasteiger partial charge in [0.05, 0.1) is 18.1 Å². The van der Waals surface area contributed by atoms with Crippen LogP contribution in [0.25, 0.3) is 0 Å². The van der Waals surface area contributed by atoms with Crippen molar-refractivity contribution < 1.29 is 14.3 Å². The fraction of sp³-hybridized carbons (Fsp3) is 0.588. The van der Waals surface area contributed by atoms with Crippen molar-refractivity contribution in [3.05, 3.63) is 35.6 Å². The summed E-state index contributed by atoms with van der Waals surface area (Å²) in [7, 11) is 0. The van der Waals surface area contributed by atoms with Gasteiger partial charge in [-0.25, -0.2) is 9.82 Å². The molecule has 5 nitrogen and oxygen atoms in total. The number of benzene rings is 1. The quantitative estimate of drug-likeness (QED) is 0.674. The van der Waals surface area contributed by atoms with E-state index in [4.69, 9.17) is 0 Å². The van der Waals surface area contributed by atoms with Crippen LogP contribution in [0.5, 0.6) is 0 Å². The van der Waals surface area contributed by atoms with E-state index in [0.29, 0.717) is 18.7 Å². The number of nitrogens with one attached hydrogen (secondary N) is 3. The van der Waals surface area contributed by atoms with Crippen molar-refractivity contribution in [3.8, 4) is 0 Å². The molecule has 1 aliphatic carbocycles. The van der Waals surface area contributed by atoms with E-state index in [1.165, 1.54) is 6.07 Å². The molecule has 0 aromatic heterocycles. The van der Waals surface area contributed by atoms with Gasteiger partial charge in [0, 0.05) is 24.6 Å². The second-order valence-electron chi connectivity index (χ2n) is 6.49. The second-order valence-corrected chi connectivity index (χ2v) is 6.49. The van der Waals surface area contributed by atoms with Crippen LogP contribution in [0.3, 0.4) is 0 Å². The highest BCUT2D eigenvalue weighted by Gasteiger charge is 2.35. The van der Waals surface area contributed by atoms with Crippen molar-refractivity contribution in [3.63, 3.8) is 0 Å². The first kappa shape index (κ1) is 16.4. The number of halogens is 1. The number of hydrazine groups is 1. The number of rotatable bonds is 4. The van der Waals surface area contributed by atoms with Crippen molar-refractivity contribution in [2.45, 2.75) is 37.8 Å². The Morgan fingerprint density at radius 2 is 2.09 bits per heavy atom. The zero-order valence-electron chi connectivity index (χ0n) is 13.1. The molecule has 4 N–H and O–H groups in total. The summed E-state index contributed by atoms with van der Waals surface area (Å²) < 4.78 is 14.0. The summed E-state index contributed by atoms with van der Waals surface area (Å²) in [6.07, 6.45) is 3.58. The van der Waals surface area contributed by atoms with Gasteiger partial charge >= 0.3 is 0 Å². The number of aliphatic hydroxyl groups is 1. The summed E-state index contributed by atoms with van der Waals surface area (Å²) in [5.41, 5.74) is 6.44. The highest BCUT2D eigenvalue weighted by Crippen LogP contribution is 2.28. The lowest BCUT2D eigenvalue weighted by molar-refractivity contribution is -0.125. The van der Waals surface area contributed by atoms with Crippen molar-refractivity contribution in [2.24, 2.45) is 11.8 Å². The third-order valence-corrected chi connectivity index (χ3v) is 4.97. The molecule has 1 amide bonds. The smallest absolute Gasteiger partial charge is 0.226 e. The van der Waals surface area contributed by atoms with E-state index in [2.05, 4.69) is 16.2 Å². The SMILES string of the molecule is O=C(NCC1CCCCC1O)C1CNNC1c1ccccc1F. The predicted molar refractivity (Wildman–Crippen MR) is 84.7 cm³/mol. The van der Waals surface area contributed by atoms with Crippen LogP contribution in [0.4, 0.5) is 4.39 Å². The molecule has 0 radical (unpaired) electrons. The van der Waals surface area contributed by atoms with Crippen LogP contribution >= 0.6 is 0 Å². The summed E-state index contributed by atoms with van der Waals surface area (Å²) in [5, 5.41) is 12.9. The van der Waals surface area contributed by atoms with Gasteiger partial charge in [-0.1, -0.05) is 31.0 Å². The highest BCUT2D eigenvalue weighted by atomic mass is 19.1. The van der Waals surface area contributed by atoms with Crippen LogP contribution in [-0.4, -0.2) is 30.2 Å². The Morgan fingerprint density at radius 3 is 2.87 bits per heavy atom. The van der Waals surface area contributed by atoms with Gasteiger partial charge in [0.15, 0.2) is 0 Å². The predicted octanol–water partition coefficient (Wildman–Crippen LogP) is 1.26. The molecule has 6 heteroatoms. The Balaban J connectivity index is 1.61. The molecular formula is C17H24FN3O2. The van der Waals surface area contributed by atoms with Crippen LogP contribution in [0.1, 0.15) is 37.3 Å². The number of amides is 1. The van der Waals surface area contributed by atoms with Crippen LogP contribution in [-0.2, 0) is 4.79 Å². The molecule has 2 fully saturated rings. The zero-order valence-corrected chi connectivity index (χ0v) is 13.1. The van der Waals surface area contributed by atoms with Crippen LogP contribution in [0.15, 0.2) is 24.3 Å². The number of hydrogen-bond donors (Lipinski definition) is 4. The first-order chi connectivity index (χ1) is 11.2. The number of carbonyl (C=O) groups is 1. The molecule has 0 spiro atoms. The van der Waals surface area contributed by atoms with Crippen LogP contribution < -0.4 is 16.2 Å². The molecular weight excluding hydrogens is 297 g/mol. The van der Waals surface area contributed by atoms with Gasteiger partial charge in [-0.2, -0.15) is 0 Å². The third kappa shape index (κ3) is 3.71. The van der Waals surface area contributed by atoms with Crippen molar-refractivity contribution >= 4 is 5.91 Å². The van der Waals surface area contributed by atoms with Gasteiger partial charge in [0.1, 0.15) is 5.82 Å². The molecule has 23 heavy (non-hydrogen) atoms. The molecule has 4 atom stereocenters. The Kier molecular flexibility index (Phi) is 5.25. The molecule has 1 aromatic carbocycles. The van der Waals surface area contributed by atoms with E-state index in [1.54, 1.807) is 18.2 Å². The Morgan fingerprint density at radius 1 is 1.30 bits per heavy atom. The summed E-state index contributed by atoms with van der Waals surface area (Å²) in [5.74, 6) is -0.655. The number of hydrogen-bond acceptors (Lipinski definition) is 4. The van der Waals surface area contributed by atoms with Gasteiger partial charge in [0.25, 0.3) is 0 Å². The van der Waals surface area contributed by atoms with Gasteiger partial charge < -0.3 is 10.4 Å². The van der Waals surface area contributed by atoms with Gasteiger partial charge in [-0.15, -0.1) is 0 Å². The first-order valence-corrected chi connectivity index (χ1v) is 8.35. The Bertz CT molecular complexity index is 554. The minimum atomic E-state index is -0.382. The van der Waals surface area contributed by atoms with E-state index in [0.717, 1.165) is 25.7 Å². The molecule has 126 valence electrons. The molecule has 4 unspecified atom stereocenters. The standard InChI is InChI=1S/C17H24FN3O2/c18-14-7-3-2-6-12(14)16-13(10-20-21-16)17(23)19-9-11-5-1-4-8-15(11)22/h2-3,6-7,11,13,15-16,20-22H,1,4-5,8-10H2,(H,19,23). The molecule has 0 bridgehead atoms. The first-order valence-electron chi connectivity index (χ1n) is 8.35. The maximum atomic E-state index is 14.0. The normalized spacial score (nSPS) is 31.0. The Labute approximate surface area is 135 Å². The average Bonchev–Trinajstić information content (AvgIpc) is 3.04. The highest BCUT2D eigenvalue weighted by molar-refractivity contribution is 5.80. The van der Waals surface area contributed by atoms with Crippen molar-refractivity contribution in [2.75, 3.05) is 13.1 Å². The minimum Gasteiger partial charge on any atom is -0.393 e. The molecule has 1 saturated carbocycles. The topological polar surface area (TPSA) is 73.4 Å². The lowest BCUT2D eigenvalue weighted by Crippen LogP contribution is -2.41. The van der Waals surface area contributed by atoms with Gasteiger partial charge in [0.2, 0.25) is 5.91 Å². The molecule has 1 aromatic rings. The monoisotopic (exact) mass is 321 g/mol. The van der Waals surface area contributed by atoms with Crippen molar-refractivity contribution in [1.29, 1.82) is 0 Å². The maximum Gasteiger partial charge on any atom is 0.226 e. The largest absolute Gasteiger partial charge is 0.393 e. The molecule has 3 rings (SSSR count). The van der Waals surface area contributed by atoms with Crippen LogP contribution in [0, 0.1) is 17.7 Å². The van der Waals surface area contributed by atoms with Gasteiger partial charge in [-0.3, -0.25) is 10.2 Å². The Hall–Kier alpha value is -1.50. The third-order valence-electron chi connectivity index (χ3n) is 4.97. The number of carbonyl (C=O) groups excluding carboxylic acids is 1. The second kappa shape index (κ2) is 7.38. The van der Waals surface area contributed by atoms with E-state index in [1.807, 2.05) is 0 Å².